The number of thiazole rings is 1. The SMILES string of the molecule is CCCOc1nc(NC(C)=O)nc2c1sc(=O)n2[C@@H]1O[C@H](COC(C)=O)[C@@H](OC(C)=O)[C@H]1OC(C)=O. The Bertz CT molecular complexity index is 1230. The number of fused-ring (bicyclic) bond motifs is 1. The second-order valence-electron chi connectivity index (χ2n) is 7.79. The number of hydrogen-bond donors (Lipinski definition) is 1. The van der Waals surface area contributed by atoms with E-state index in [4.69, 9.17) is 23.7 Å². The Labute approximate surface area is 208 Å². The molecule has 0 aliphatic carbocycles. The third kappa shape index (κ3) is 6.15. The molecular formula is C21H26N4O10S. The lowest BCUT2D eigenvalue weighted by Gasteiger charge is -2.23. The monoisotopic (exact) mass is 526 g/mol. The number of carbonyl (C=O) groups excluding carboxylic acids is 4. The minimum atomic E-state index is -1.32. The van der Waals surface area contributed by atoms with Crippen molar-refractivity contribution in [3.8, 4) is 5.88 Å². The molecule has 0 saturated carbocycles. The van der Waals surface area contributed by atoms with Gasteiger partial charge in [0.05, 0.1) is 6.61 Å². The summed E-state index contributed by atoms with van der Waals surface area (Å²) in [6, 6.07) is 0. The van der Waals surface area contributed by atoms with Gasteiger partial charge < -0.3 is 23.7 Å². The van der Waals surface area contributed by atoms with Crippen LogP contribution in [0, 0.1) is 0 Å². The van der Waals surface area contributed by atoms with E-state index in [9.17, 15) is 24.0 Å². The van der Waals surface area contributed by atoms with E-state index in [2.05, 4.69) is 15.3 Å². The highest BCUT2D eigenvalue weighted by atomic mass is 32.1. The molecule has 2 aromatic heterocycles. The predicted molar refractivity (Wildman–Crippen MR) is 123 cm³/mol. The molecule has 3 rings (SSSR count). The van der Waals surface area contributed by atoms with Crippen LogP contribution in [0.4, 0.5) is 5.95 Å². The van der Waals surface area contributed by atoms with Gasteiger partial charge in [-0.3, -0.25) is 33.9 Å². The van der Waals surface area contributed by atoms with Crippen LogP contribution in [0.25, 0.3) is 10.3 Å². The normalized spacial score (nSPS) is 21.1. The van der Waals surface area contributed by atoms with Crippen molar-refractivity contribution in [2.24, 2.45) is 0 Å². The van der Waals surface area contributed by atoms with Gasteiger partial charge in [0, 0.05) is 27.7 Å². The number of nitrogens with one attached hydrogen (secondary N) is 1. The summed E-state index contributed by atoms with van der Waals surface area (Å²) in [5.41, 5.74) is 0.0340. The topological polar surface area (TPSA) is 174 Å². The second kappa shape index (κ2) is 11.4. The van der Waals surface area contributed by atoms with Crippen LogP contribution in [-0.4, -0.2) is 69.9 Å². The standard InChI is InChI=1S/C21H26N4O10S/c1-6-7-31-18-16-17(23-20(24-18)22-9(2)26)25(21(30)36-16)19-15(34-12(5)29)14(33-11(4)28)13(35-19)8-32-10(3)27/h13-15,19H,6-8H2,1-5H3,(H,22,23,24,26)/t13-,14-,15-,19-/m1/s1. The van der Waals surface area contributed by atoms with Crippen LogP contribution in [0.5, 0.6) is 5.88 Å². The number of anilines is 1. The van der Waals surface area contributed by atoms with Crippen molar-refractivity contribution < 1.29 is 42.9 Å². The van der Waals surface area contributed by atoms with Crippen molar-refractivity contribution in [1.82, 2.24) is 14.5 Å². The largest absolute Gasteiger partial charge is 0.476 e. The van der Waals surface area contributed by atoms with Crippen LogP contribution in [0.15, 0.2) is 4.79 Å². The summed E-state index contributed by atoms with van der Waals surface area (Å²) in [4.78, 5) is 67.8. The molecule has 2 aromatic rings. The molecule has 0 bridgehead atoms. The van der Waals surface area contributed by atoms with Crippen LogP contribution < -0.4 is 14.9 Å². The molecule has 14 nitrogen and oxygen atoms in total. The van der Waals surface area contributed by atoms with Crippen LogP contribution in [0.3, 0.4) is 0 Å². The zero-order valence-electron chi connectivity index (χ0n) is 20.3. The van der Waals surface area contributed by atoms with Gasteiger partial charge in [0.2, 0.25) is 17.7 Å². The molecule has 15 heteroatoms. The van der Waals surface area contributed by atoms with Crippen molar-refractivity contribution in [2.45, 2.75) is 65.6 Å². The number of ether oxygens (including phenoxy) is 5. The van der Waals surface area contributed by atoms with E-state index < -0.39 is 53.2 Å². The highest BCUT2D eigenvalue weighted by Gasteiger charge is 2.51. The van der Waals surface area contributed by atoms with Gasteiger partial charge in [0.15, 0.2) is 24.1 Å². The van der Waals surface area contributed by atoms with E-state index in [0.29, 0.717) is 6.42 Å². The van der Waals surface area contributed by atoms with E-state index in [0.717, 1.165) is 29.8 Å². The summed E-state index contributed by atoms with van der Waals surface area (Å²) in [6.45, 7) is 6.57. The lowest BCUT2D eigenvalue weighted by Crippen LogP contribution is -2.41. The van der Waals surface area contributed by atoms with Crippen LogP contribution >= 0.6 is 11.3 Å². The van der Waals surface area contributed by atoms with Crippen molar-refractivity contribution in [2.75, 3.05) is 18.5 Å². The minimum absolute atomic E-state index is 0.0340. The summed E-state index contributed by atoms with van der Waals surface area (Å²) in [6.07, 6.45) is -4.23. The summed E-state index contributed by atoms with van der Waals surface area (Å²) < 4.78 is 28.8. The fourth-order valence-corrected chi connectivity index (χ4v) is 4.42. The van der Waals surface area contributed by atoms with Crippen LogP contribution in [0.1, 0.15) is 47.3 Å². The van der Waals surface area contributed by atoms with Crippen molar-refractivity contribution in [3.63, 3.8) is 0 Å². The fourth-order valence-electron chi connectivity index (χ4n) is 3.53. The molecule has 1 amide bonds. The molecule has 196 valence electrons. The number of esters is 3. The highest BCUT2D eigenvalue weighted by molar-refractivity contribution is 7.16. The summed E-state index contributed by atoms with van der Waals surface area (Å²) >= 11 is 0.757. The molecule has 1 N–H and O–H groups in total. The first-order valence-corrected chi connectivity index (χ1v) is 11.8. The van der Waals surface area contributed by atoms with E-state index in [-0.39, 0.29) is 35.4 Å². The fraction of sp³-hybridized carbons (Fsp3) is 0.571. The average molecular weight is 527 g/mol. The van der Waals surface area contributed by atoms with Crippen molar-refractivity contribution >= 4 is 51.4 Å². The number of aromatic nitrogens is 3. The zero-order valence-corrected chi connectivity index (χ0v) is 21.1. The quantitative estimate of drug-likeness (QED) is 0.362. The molecule has 1 saturated heterocycles. The van der Waals surface area contributed by atoms with Gasteiger partial charge in [-0.2, -0.15) is 9.97 Å². The number of carbonyl (C=O) groups is 4. The maximum Gasteiger partial charge on any atom is 0.311 e. The summed E-state index contributed by atoms with van der Waals surface area (Å²) in [7, 11) is 0. The molecule has 0 radical (unpaired) electrons. The molecule has 1 aliphatic rings. The summed E-state index contributed by atoms with van der Waals surface area (Å²) in [5, 5.41) is 2.46. The van der Waals surface area contributed by atoms with Crippen LogP contribution in [-0.2, 0) is 38.1 Å². The lowest BCUT2D eigenvalue weighted by atomic mass is 10.1. The Kier molecular flexibility index (Phi) is 8.57. The third-order valence-corrected chi connectivity index (χ3v) is 5.69. The van der Waals surface area contributed by atoms with Gasteiger partial charge in [-0.1, -0.05) is 18.3 Å². The Balaban J connectivity index is 2.17. The lowest BCUT2D eigenvalue weighted by molar-refractivity contribution is -0.166. The van der Waals surface area contributed by atoms with E-state index in [1.165, 1.54) is 13.8 Å². The average Bonchev–Trinajstić information content (AvgIpc) is 3.26. The Hall–Kier alpha value is -3.59. The smallest absolute Gasteiger partial charge is 0.311 e. The van der Waals surface area contributed by atoms with E-state index in [1.807, 2.05) is 6.92 Å². The van der Waals surface area contributed by atoms with E-state index in [1.54, 1.807) is 0 Å². The molecule has 36 heavy (non-hydrogen) atoms. The predicted octanol–water partition coefficient (Wildman–Crippen LogP) is 0.924. The van der Waals surface area contributed by atoms with Gasteiger partial charge in [0.1, 0.15) is 17.4 Å². The first-order chi connectivity index (χ1) is 17.0. The van der Waals surface area contributed by atoms with E-state index >= 15 is 0 Å². The number of rotatable bonds is 9. The number of hydrogen-bond acceptors (Lipinski definition) is 13. The molecule has 0 spiro atoms. The Morgan fingerprint density at radius 3 is 2.28 bits per heavy atom. The molecule has 1 fully saturated rings. The first-order valence-electron chi connectivity index (χ1n) is 11.0. The second-order valence-corrected chi connectivity index (χ2v) is 8.75. The minimum Gasteiger partial charge on any atom is -0.476 e. The van der Waals surface area contributed by atoms with Gasteiger partial charge in [0.25, 0.3) is 0 Å². The van der Waals surface area contributed by atoms with Crippen molar-refractivity contribution in [3.05, 3.63) is 9.67 Å². The van der Waals surface area contributed by atoms with Crippen molar-refractivity contribution in [1.29, 1.82) is 0 Å². The maximum absolute atomic E-state index is 13.2. The third-order valence-electron chi connectivity index (χ3n) is 4.76. The number of nitrogens with zero attached hydrogens (tertiary/aromatic N) is 3. The highest BCUT2D eigenvalue weighted by Crippen LogP contribution is 2.37. The first kappa shape index (κ1) is 27.0. The maximum atomic E-state index is 13.2. The van der Waals surface area contributed by atoms with Gasteiger partial charge in [-0.05, 0) is 6.42 Å². The van der Waals surface area contributed by atoms with Gasteiger partial charge >= 0.3 is 22.8 Å². The zero-order chi connectivity index (χ0) is 26.6. The molecule has 0 unspecified atom stereocenters. The molecular weight excluding hydrogens is 500 g/mol. The van der Waals surface area contributed by atoms with Gasteiger partial charge in [-0.25, -0.2) is 0 Å². The molecule has 0 aromatic carbocycles. The van der Waals surface area contributed by atoms with Gasteiger partial charge in [-0.15, -0.1) is 0 Å². The Morgan fingerprint density at radius 2 is 1.69 bits per heavy atom. The van der Waals surface area contributed by atoms with Crippen LogP contribution in [0.2, 0.25) is 0 Å². The molecule has 4 atom stereocenters. The Morgan fingerprint density at radius 1 is 1.03 bits per heavy atom. The summed E-state index contributed by atoms with van der Waals surface area (Å²) in [5.74, 6) is -2.55. The molecule has 1 aliphatic heterocycles. The number of amides is 1. The molecule has 3 heterocycles.